The predicted octanol–water partition coefficient (Wildman–Crippen LogP) is 4.23. The van der Waals surface area contributed by atoms with E-state index in [1.807, 2.05) is 17.0 Å². The van der Waals surface area contributed by atoms with Crippen LogP contribution in [0.1, 0.15) is 64.4 Å². The van der Waals surface area contributed by atoms with E-state index in [1.165, 1.54) is 5.56 Å². The number of piperidine rings is 1. The number of aromatic nitrogens is 1. The van der Waals surface area contributed by atoms with Gasteiger partial charge in [0.05, 0.1) is 5.69 Å². The third kappa shape index (κ3) is 4.29. The first-order valence-corrected chi connectivity index (χ1v) is 9.72. The fourth-order valence-corrected chi connectivity index (χ4v) is 3.80. The number of ketones is 1. The van der Waals surface area contributed by atoms with Crippen LogP contribution in [-0.4, -0.2) is 34.8 Å². The van der Waals surface area contributed by atoms with E-state index in [9.17, 15) is 9.59 Å². The van der Waals surface area contributed by atoms with Gasteiger partial charge in [-0.2, -0.15) is 0 Å². The fraction of sp³-hybridized carbons (Fsp3) is 0.500. The van der Waals surface area contributed by atoms with Crippen LogP contribution in [0.15, 0.2) is 28.8 Å². The molecule has 27 heavy (non-hydrogen) atoms. The topological polar surface area (TPSA) is 63.4 Å². The quantitative estimate of drug-likeness (QED) is 0.741. The number of hydrogen-bond acceptors (Lipinski definition) is 4. The van der Waals surface area contributed by atoms with Crippen molar-refractivity contribution in [3.63, 3.8) is 0 Å². The van der Waals surface area contributed by atoms with Gasteiger partial charge in [0, 0.05) is 24.6 Å². The van der Waals surface area contributed by atoms with Crippen LogP contribution in [0.2, 0.25) is 0 Å². The zero-order valence-electron chi connectivity index (χ0n) is 16.6. The van der Waals surface area contributed by atoms with Crippen molar-refractivity contribution in [2.75, 3.05) is 13.1 Å². The molecule has 5 heteroatoms. The minimum Gasteiger partial charge on any atom is -0.361 e. The van der Waals surface area contributed by atoms with Crippen molar-refractivity contribution < 1.29 is 14.1 Å². The van der Waals surface area contributed by atoms with E-state index >= 15 is 0 Å². The van der Waals surface area contributed by atoms with Crippen LogP contribution in [-0.2, 0) is 6.42 Å². The van der Waals surface area contributed by atoms with E-state index in [0.717, 1.165) is 12.0 Å². The summed E-state index contributed by atoms with van der Waals surface area (Å²) in [5.74, 6) is 1.28. The summed E-state index contributed by atoms with van der Waals surface area (Å²) in [5.41, 5.74) is 3.22. The molecule has 5 nitrogen and oxygen atoms in total. The minimum atomic E-state index is -0.0461. The average molecular weight is 368 g/mol. The van der Waals surface area contributed by atoms with Crippen LogP contribution < -0.4 is 0 Å². The van der Waals surface area contributed by atoms with Crippen LogP contribution in [0.5, 0.6) is 0 Å². The van der Waals surface area contributed by atoms with Crippen molar-refractivity contribution in [2.24, 2.45) is 11.8 Å². The molecule has 0 N–H and O–H groups in total. The second-order valence-corrected chi connectivity index (χ2v) is 7.92. The highest BCUT2D eigenvalue weighted by molar-refractivity contribution is 5.99. The van der Waals surface area contributed by atoms with Crippen LogP contribution >= 0.6 is 0 Å². The highest BCUT2D eigenvalue weighted by Crippen LogP contribution is 2.25. The zero-order valence-corrected chi connectivity index (χ0v) is 16.6. The lowest BCUT2D eigenvalue weighted by Gasteiger charge is -2.31. The minimum absolute atomic E-state index is 0.0188. The molecule has 3 rings (SSSR count). The molecule has 0 atom stereocenters. The van der Waals surface area contributed by atoms with Gasteiger partial charge in [-0.05, 0) is 44.6 Å². The molecule has 1 saturated heterocycles. The second-order valence-electron chi connectivity index (χ2n) is 7.92. The van der Waals surface area contributed by atoms with Gasteiger partial charge in [-0.15, -0.1) is 0 Å². The Bertz CT molecular complexity index is 793. The molecule has 0 saturated carbocycles. The maximum atomic E-state index is 12.8. The van der Waals surface area contributed by atoms with E-state index in [1.54, 1.807) is 13.8 Å². The lowest BCUT2D eigenvalue weighted by molar-refractivity contribution is 0.0648. The van der Waals surface area contributed by atoms with Crippen LogP contribution in [0.4, 0.5) is 0 Å². The third-order valence-electron chi connectivity index (χ3n) is 5.28. The van der Waals surface area contributed by atoms with Crippen LogP contribution in [0.3, 0.4) is 0 Å². The molecule has 0 spiro atoms. The summed E-state index contributed by atoms with van der Waals surface area (Å²) >= 11 is 0. The van der Waals surface area contributed by atoms with Crippen molar-refractivity contribution in [3.05, 3.63) is 52.4 Å². The van der Waals surface area contributed by atoms with Crippen molar-refractivity contribution >= 4 is 11.7 Å². The monoisotopic (exact) mass is 368 g/mol. The third-order valence-corrected chi connectivity index (χ3v) is 5.28. The van der Waals surface area contributed by atoms with E-state index < -0.39 is 0 Å². The number of hydrogen-bond donors (Lipinski definition) is 0. The van der Waals surface area contributed by atoms with Crippen LogP contribution in [0.25, 0.3) is 0 Å². The van der Waals surface area contributed by atoms with Gasteiger partial charge in [-0.1, -0.05) is 43.3 Å². The number of rotatable bonds is 5. The summed E-state index contributed by atoms with van der Waals surface area (Å²) in [6.45, 7) is 9.10. The Hall–Kier alpha value is -2.43. The summed E-state index contributed by atoms with van der Waals surface area (Å²) in [6.07, 6.45) is 2.42. The first kappa shape index (κ1) is 19.3. The molecular formula is C22H28N2O3. The molecule has 1 aromatic carbocycles. The number of likely N-dealkylation sites (tertiary alicyclic amines) is 1. The van der Waals surface area contributed by atoms with Crippen molar-refractivity contribution in [2.45, 2.75) is 47.0 Å². The number of carbonyl (C=O) groups is 2. The molecule has 2 aromatic rings. The van der Waals surface area contributed by atoms with E-state index in [0.29, 0.717) is 48.9 Å². The molecular weight excluding hydrogens is 340 g/mol. The maximum absolute atomic E-state index is 12.8. The molecule has 2 heterocycles. The van der Waals surface area contributed by atoms with E-state index in [2.05, 4.69) is 31.1 Å². The summed E-state index contributed by atoms with van der Waals surface area (Å²) in [6, 6.07) is 8.01. The zero-order chi connectivity index (χ0) is 19.6. The van der Waals surface area contributed by atoms with E-state index in [4.69, 9.17) is 4.52 Å². The van der Waals surface area contributed by atoms with Gasteiger partial charge in [0.15, 0.2) is 5.78 Å². The highest BCUT2D eigenvalue weighted by atomic mass is 16.5. The summed E-state index contributed by atoms with van der Waals surface area (Å²) in [7, 11) is 0. The van der Waals surface area contributed by atoms with Crippen molar-refractivity contribution in [1.29, 1.82) is 0 Å². The molecule has 0 aliphatic carbocycles. The molecule has 0 radical (unpaired) electrons. The second kappa shape index (κ2) is 8.07. The Morgan fingerprint density at radius 2 is 1.78 bits per heavy atom. The smallest absolute Gasteiger partial charge is 0.259 e. The maximum Gasteiger partial charge on any atom is 0.259 e. The normalized spacial score (nSPS) is 15.4. The molecule has 1 amide bonds. The molecule has 1 fully saturated rings. The SMILES string of the molecule is Cc1noc(C)c1C(=O)N1CCC(C(=O)c2ccc(CC(C)C)cc2)CC1. The number of benzene rings is 1. The summed E-state index contributed by atoms with van der Waals surface area (Å²) < 4.78 is 5.11. The van der Waals surface area contributed by atoms with Gasteiger partial charge in [0.2, 0.25) is 0 Å². The van der Waals surface area contributed by atoms with Gasteiger partial charge in [0.25, 0.3) is 5.91 Å². The molecule has 0 bridgehead atoms. The summed E-state index contributed by atoms with van der Waals surface area (Å²) in [5, 5.41) is 3.86. The molecule has 0 unspecified atom stereocenters. The number of aryl methyl sites for hydroxylation is 2. The number of amides is 1. The van der Waals surface area contributed by atoms with E-state index in [-0.39, 0.29) is 17.6 Å². The molecule has 1 aliphatic heterocycles. The standard InChI is InChI=1S/C22H28N2O3/c1-14(2)13-17-5-7-18(8-6-17)21(25)19-9-11-24(12-10-19)22(26)20-15(3)23-27-16(20)4/h5-8,14,19H,9-13H2,1-4H3. The Morgan fingerprint density at radius 3 is 2.30 bits per heavy atom. The predicted molar refractivity (Wildman–Crippen MR) is 104 cm³/mol. The van der Waals surface area contributed by atoms with Gasteiger partial charge in [-0.3, -0.25) is 9.59 Å². The molecule has 1 aromatic heterocycles. The highest BCUT2D eigenvalue weighted by Gasteiger charge is 2.30. The first-order chi connectivity index (χ1) is 12.9. The van der Waals surface area contributed by atoms with Crippen molar-refractivity contribution in [3.8, 4) is 0 Å². The Kier molecular flexibility index (Phi) is 5.78. The Morgan fingerprint density at radius 1 is 1.15 bits per heavy atom. The lowest BCUT2D eigenvalue weighted by atomic mass is 9.88. The average Bonchev–Trinajstić information content (AvgIpc) is 2.99. The van der Waals surface area contributed by atoms with Gasteiger partial charge in [-0.25, -0.2) is 0 Å². The van der Waals surface area contributed by atoms with Gasteiger partial charge in [0.1, 0.15) is 11.3 Å². The number of nitrogens with zero attached hydrogens (tertiary/aromatic N) is 2. The van der Waals surface area contributed by atoms with Crippen molar-refractivity contribution in [1.82, 2.24) is 10.1 Å². The van der Waals surface area contributed by atoms with Gasteiger partial charge < -0.3 is 9.42 Å². The fourth-order valence-electron chi connectivity index (χ4n) is 3.80. The van der Waals surface area contributed by atoms with Crippen LogP contribution in [0, 0.1) is 25.7 Å². The summed E-state index contributed by atoms with van der Waals surface area (Å²) in [4.78, 5) is 27.3. The largest absolute Gasteiger partial charge is 0.361 e. The molecule has 1 aliphatic rings. The first-order valence-electron chi connectivity index (χ1n) is 9.72. The van der Waals surface area contributed by atoms with Gasteiger partial charge >= 0.3 is 0 Å². The number of Topliss-reactive ketones (excluding diaryl/α,β-unsaturated/α-hetero) is 1. The lowest BCUT2D eigenvalue weighted by Crippen LogP contribution is -2.40. The Labute approximate surface area is 160 Å². The number of carbonyl (C=O) groups excluding carboxylic acids is 2. The Balaban J connectivity index is 1.60. The molecule has 144 valence electrons.